The van der Waals surface area contributed by atoms with Crippen molar-refractivity contribution in [2.24, 2.45) is 10.9 Å². The van der Waals surface area contributed by atoms with E-state index in [1.165, 1.54) is 37.3 Å². The summed E-state index contributed by atoms with van der Waals surface area (Å²) in [6.07, 6.45) is 3.66. The van der Waals surface area contributed by atoms with Crippen molar-refractivity contribution < 1.29 is 12.8 Å². The second-order valence-corrected chi connectivity index (χ2v) is 8.14. The van der Waals surface area contributed by atoms with Gasteiger partial charge in [-0.3, -0.25) is 0 Å². The molecule has 2 N–H and O–H groups in total. The van der Waals surface area contributed by atoms with Gasteiger partial charge < -0.3 is 10.6 Å². The van der Waals surface area contributed by atoms with Crippen LogP contribution in [0.25, 0.3) is 0 Å². The summed E-state index contributed by atoms with van der Waals surface area (Å²) in [5.41, 5.74) is 1.19. The minimum absolute atomic E-state index is 0.107. The highest BCUT2D eigenvalue weighted by atomic mass is 32.2. The lowest BCUT2D eigenvalue weighted by atomic mass is 10.1. The number of guanidine groups is 1. The summed E-state index contributed by atoms with van der Waals surface area (Å²) < 4.78 is 36.5. The molecule has 0 atom stereocenters. The number of rotatable bonds is 7. The highest BCUT2D eigenvalue weighted by molar-refractivity contribution is 7.89. The monoisotopic (exact) mass is 341 g/mol. The Bertz CT molecular complexity index is 670. The van der Waals surface area contributed by atoms with Crippen molar-refractivity contribution in [2.75, 3.05) is 19.3 Å². The molecule has 0 bridgehead atoms. The van der Waals surface area contributed by atoms with Crippen LogP contribution in [0.2, 0.25) is 0 Å². The number of sulfone groups is 1. The fourth-order valence-corrected chi connectivity index (χ4v) is 3.08. The maximum Gasteiger partial charge on any atom is 0.191 e. The third-order valence-corrected chi connectivity index (χ3v) is 4.43. The third kappa shape index (κ3) is 6.56. The maximum absolute atomic E-state index is 13.5. The van der Waals surface area contributed by atoms with Crippen molar-refractivity contribution in [1.29, 1.82) is 0 Å². The van der Waals surface area contributed by atoms with Gasteiger partial charge in [-0.1, -0.05) is 6.07 Å². The van der Waals surface area contributed by atoms with Gasteiger partial charge in [-0.15, -0.1) is 0 Å². The fourth-order valence-electron chi connectivity index (χ4n) is 2.23. The first-order valence-corrected chi connectivity index (χ1v) is 9.90. The summed E-state index contributed by atoms with van der Waals surface area (Å²) in [4.78, 5) is 4.45. The minimum atomic E-state index is -3.18. The number of aliphatic imine (C=N–C) groups is 1. The highest BCUT2D eigenvalue weighted by Gasteiger charge is 2.21. The molecule has 0 radical (unpaired) electrons. The van der Waals surface area contributed by atoms with Gasteiger partial charge in [0.25, 0.3) is 0 Å². The van der Waals surface area contributed by atoms with E-state index in [-0.39, 0.29) is 18.1 Å². The molecule has 0 aliphatic heterocycles. The Morgan fingerprint density at radius 1 is 1.30 bits per heavy atom. The highest BCUT2D eigenvalue weighted by Crippen LogP contribution is 2.27. The molecule has 1 saturated carbocycles. The smallest absolute Gasteiger partial charge is 0.191 e. The van der Waals surface area contributed by atoms with E-state index in [0.29, 0.717) is 23.0 Å². The van der Waals surface area contributed by atoms with E-state index in [4.69, 9.17) is 0 Å². The molecule has 128 valence electrons. The predicted octanol–water partition coefficient (Wildman–Crippen LogP) is 1.84. The van der Waals surface area contributed by atoms with Gasteiger partial charge in [0.15, 0.2) is 15.8 Å². The average molecular weight is 341 g/mol. The largest absolute Gasteiger partial charge is 0.357 e. The lowest BCUT2D eigenvalue weighted by Gasteiger charge is -2.12. The number of nitrogens with zero attached hydrogens (tertiary/aromatic N) is 1. The predicted molar refractivity (Wildman–Crippen MR) is 90.5 cm³/mol. The molecule has 1 aromatic carbocycles. The zero-order valence-corrected chi connectivity index (χ0v) is 14.4. The van der Waals surface area contributed by atoms with Gasteiger partial charge in [0.1, 0.15) is 5.82 Å². The first-order chi connectivity index (χ1) is 10.9. The molecule has 1 aliphatic rings. The van der Waals surface area contributed by atoms with Crippen molar-refractivity contribution in [1.82, 2.24) is 10.6 Å². The number of nitrogens with one attached hydrogen (secondary N) is 2. The van der Waals surface area contributed by atoms with Gasteiger partial charge >= 0.3 is 0 Å². The summed E-state index contributed by atoms with van der Waals surface area (Å²) in [7, 11) is -3.18. The summed E-state index contributed by atoms with van der Waals surface area (Å²) in [5, 5.41) is 6.41. The standard InChI is InChI=1S/C16H24FN3O2S/c1-3-18-16(19-9-12-4-5-12)20-10-14-8-15(17)7-6-13(14)11-23(2,21)22/h6-8,12H,3-5,9-11H2,1-2H3,(H2,18,19,20). The molecule has 0 aromatic heterocycles. The molecule has 7 heteroatoms. The van der Waals surface area contributed by atoms with Crippen LogP contribution >= 0.6 is 0 Å². The van der Waals surface area contributed by atoms with E-state index in [1.807, 2.05) is 6.92 Å². The number of hydrogen-bond acceptors (Lipinski definition) is 3. The lowest BCUT2D eigenvalue weighted by Crippen LogP contribution is -2.38. The van der Waals surface area contributed by atoms with Crippen LogP contribution in [0.5, 0.6) is 0 Å². The van der Waals surface area contributed by atoms with Gasteiger partial charge in [0, 0.05) is 19.3 Å². The molecule has 0 heterocycles. The topological polar surface area (TPSA) is 70.6 Å². The van der Waals surface area contributed by atoms with Crippen molar-refractivity contribution >= 4 is 15.8 Å². The molecule has 23 heavy (non-hydrogen) atoms. The van der Waals surface area contributed by atoms with Crippen molar-refractivity contribution in [3.05, 3.63) is 35.1 Å². The second-order valence-electron chi connectivity index (χ2n) is 6.00. The van der Waals surface area contributed by atoms with Crippen LogP contribution < -0.4 is 10.6 Å². The number of benzene rings is 1. The van der Waals surface area contributed by atoms with Crippen LogP contribution in [-0.2, 0) is 22.1 Å². The maximum atomic E-state index is 13.5. The molecule has 1 aromatic rings. The number of hydrogen-bond donors (Lipinski definition) is 2. The zero-order valence-electron chi connectivity index (χ0n) is 13.6. The van der Waals surface area contributed by atoms with Gasteiger partial charge in [-0.25, -0.2) is 17.8 Å². The average Bonchev–Trinajstić information content (AvgIpc) is 3.27. The molecule has 0 saturated heterocycles. The van der Waals surface area contributed by atoms with Crippen LogP contribution in [0.3, 0.4) is 0 Å². The Labute approximate surface area is 137 Å². The molecule has 0 spiro atoms. The molecule has 0 amide bonds. The van der Waals surface area contributed by atoms with Crippen LogP contribution in [0.1, 0.15) is 30.9 Å². The van der Waals surface area contributed by atoms with Gasteiger partial charge in [0.05, 0.1) is 12.3 Å². The van der Waals surface area contributed by atoms with E-state index in [9.17, 15) is 12.8 Å². The van der Waals surface area contributed by atoms with Crippen molar-refractivity contribution in [3.63, 3.8) is 0 Å². The molecule has 0 unspecified atom stereocenters. The molecular formula is C16H24FN3O2S. The first-order valence-electron chi connectivity index (χ1n) is 7.84. The van der Waals surface area contributed by atoms with Crippen molar-refractivity contribution in [3.8, 4) is 0 Å². The molecule has 5 nitrogen and oxygen atoms in total. The summed E-state index contributed by atoms with van der Waals surface area (Å²) in [5.74, 6) is 0.899. The van der Waals surface area contributed by atoms with E-state index < -0.39 is 9.84 Å². The Kier molecular flexibility index (Phi) is 5.98. The quantitative estimate of drug-likeness (QED) is 0.586. The molecule has 1 aliphatic carbocycles. The Morgan fingerprint density at radius 3 is 2.65 bits per heavy atom. The van der Waals surface area contributed by atoms with Crippen LogP contribution in [0.15, 0.2) is 23.2 Å². The van der Waals surface area contributed by atoms with Gasteiger partial charge in [-0.2, -0.15) is 0 Å². The van der Waals surface area contributed by atoms with Crippen LogP contribution in [0.4, 0.5) is 4.39 Å². The second kappa shape index (κ2) is 7.77. The van der Waals surface area contributed by atoms with E-state index in [2.05, 4.69) is 15.6 Å². The van der Waals surface area contributed by atoms with Crippen LogP contribution in [0, 0.1) is 11.7 Å². The third-order valence-electron chi connectivity index (χ3n) is 3.59. The zero-order chi connectivity index (χ0) is 16.9. The van der Waals surface area contributed by atoms with E-state index >= 15 is 0 Å². The van der Waals surface area contributed by atoms with Crippen LogP contribution in [-0.4, -0.2) is 33.7 Å². The Morgan fingerprint density at radius 2 is 2.04 bits per heavy atom. The van der Waals surface area contributed by atoms with Gasteiger partial charge in [-0.05, 0) is 48.9 Å². The fraction of sp³-hybridized carbons (Fsp3) is 0.562. The summed E-state index contributed by atoms with van der Waals surface area (Å²) in [6, 6.07) is 4.16. The SMILES string of the molecule is CCNC(=NCc1cc(F)ccc1CS(C)(=O)=O)NCC1CC1. The summed E-state index contributed by atoms with van der Waals surface area (Å²) >= 11 is 0. The molecule has 1 fully saturated rings. The van der Waals surface area contributed by atoms with Crippen molar-refractivity contribution in [2.45, 2.75) is 32.1 Å². The Balaban J connectivity index is 2.11. The normalized spacial score (nSPS) is 15.5. The van der Waals surface area contributed by atoms with E-state index in [0.717, 1.165) is 13.1 Å². The first kappa shape index (κ1) is 17.7. The number of halogens is 1. The lowest BCUT2D eigenvalue weighted by molar-refractivity contribution is 0.600. The Hall–Kier alpha value is -1.63. The minimum Gasteiger partial charge on any atom is -0.357 e. The molecule has 2 rings (SSSR count). The van der Waals surface area contributed by atoms with E-state index in [1.54, 1.807) is 0 Å². The summed E-state index contributed by atoms with van der Waals surface area (Å²) in [6.45, 7) is 3.83. The molecular weight excluding hydrogens is 317 g/mol. The van der Waals surface area contributed by atoms with Gasteiger partial charge in [0.2, 0.25) is 0 Å².